The number of rotatable bonds is 6. The van der Waals surface area contributed by atoms with E-state index in [2.05, 4.69) is 60.9 Å². The molecule has 6 nitrogen and oxygen atoms in total. The topological polar surface area (TPSA) is 56.7 Å². The molecule has 3 aromatic rings. The van der Waals surface area contributed by atoms with Gasteiger partial charge in [0, 0.05) is 76.4 Å². The van der Waals surface area contributed by atoms with Crippen molar-refractivity contribution in [2.24, 2.45) is 4.99 Å². The molecule has 34 heavy (non-hydrogen) atoms. The largest absolute Gasteiger partial charge is 0.373 e. The second-order valence-electron chi connectivity index (χ2n) is 8.24. The summed E-state index contributed by atoms with van der Waals surface area (Å²) in [6.45, 7) is 7.68. The molecule has 1 aromatic carbocycles. The predicted molar refractivity (Wildman–Crippen MR) is 141 cm³/mol. The number of nitrogens with zero attached hydrogens (tertiary/aromatic N) is 5. The highest BCUT2D eigenvalue weighted by Crippen LogP contribution is 2.25. The van der Waals surface area contributed by atoms with Gasteiger partial charge in [0.05, 0.1) is 0 Å². The molecule has 0 spiro atoms. The standard InChI is InChI=1S/C14H13N3.C13H18FN3/c1-15-14-7-13-6-10(12-4-5-16-8-12)2-3-11(13)9-17-14;1-2-12-3-5-15-13(11-12)17-9-7-16(6-4-14)8-10-17/h2-3,5-9H,4H2,1H3,(H,15,17);2-3,5,11H,1,4,6-10H2. The molecule has 176 valence electrons. The molecule has 0 radical (unpaired) electrons. The van der Waals surface area contributed by atoms with Crippen molar-refractivity contribution in [3.63, 3.8) is 0 Å². The molecule has 2 aromatic heterocycles. The van der Waals surface area contributed by atoms with Crippen molar-refractivity contribution in [1.29, 1.82) is 0 Å². The Labute approximate surface area is 200 Å². The Morgan fingerprint density at radius 2 is 1.91 bits per heavy atom. The first-order chi connectivity index (χ1) is 16.7. The van der Waals surface area contributed by atoms with E-state index in [1.807, 2.05) is 43.9 Å². The number of hydrogen-bond acceptors (Lipinski definition) is 6. The summed E-state index contributed by atoms with van der Waals surface area (Å²) in [5.41, 5.74) is 3.60. The molecule has 2 aliphatic rings. The Bertz CT molecular complexity index is 1180. The molecule has 0 amide bonds. The van der Waals surface area contributed by atoms with Gasteiger partial charge in [-0.1, -0.05) is 24.8 Å². The van der Waals surface area contributed by atoms with E-state index < -0.39 is 0 Å². The van der Waals surface area contributed by atoms with Gasteiger partial charge in [-0.25, -0.2) is 14.4 Å². The number of halogens is 1. The quantitative estimate of drug-likeness (QED) is 0.569. The lowest BCUT2D eigenvalue weighted by atomic mass is 10.0. The summed E-state index contributed by atoms with van der Waals surface area (Å²) >= 11 is 0. The minimum Gasteiger partial charge on any atom is -0.373 e. The van der Waals surface area contributed by atoms with Gasteiger partial charge in [-0.05, 0) is 46.4 Å². The fourth-order valence-corrected chi connectivity index (χ4v) is 4.07. The lowest BCUT2D eigenvalue weighted by Crippen LogP contribution is -2.47. The van der Waals surface area contributed by atoms with Gasteiger partial charge in [0.25, 0.3) is 0 Å². The molecule has 0 aliphatic carbocycles. The molecule has 0 bridgehead atoms. The van der Waals surface area contributed by atoms with Gasteiger partial charge in [0.15, 0.2) is 0 Å². The van der Waals surface area contributed by atoms with Crippen LogP contribution in [0.3, 0.4) is 0 Å². The fraction of sp³-hybridized carbons (Fsp3) is 0.296. The molecular formula is C27H31FN6. The third-order valence-electron chi connectivity index (χ3n) is 6.10. The Balaban J connectivity index is 0.000000161. The van der Waals surface area contributed by atoms with Crippen molar-refractivity contribution in [3.8, 4) is 0 Å². The molecule has 1 saturated heterocycles. The first kappa shape index (κ1) is 23.6. The zero-order chi connectivity index (χ0) is 23.8. The van der Waals surface area contributed by atoms with Crippen LogP contribution in [-0.2, 0) is 0 Å². The van der Waals surface area contributed by atoms with Crippen LogP contribution in [0.25, 0.3) is 22.4 Å². The average molecular weight is 459 g/mol. The number of pyridine rings is 2. The highest BCUT2D eigenvalue weighted by molar-refractivity contribution is 5.90. The van der Waals surface area contributed by atoms with E-state index >= 15 is 0 Å². The third-order valence-corrected chi connectivity index (χ3v) is 6.10. The van der Waals surface area contributed by atoms with Crippen molar-refractivity contribution in [2.75, 3.05) is 56.7 Å². The normalized spacial score (nSPS) is 15.6. The Hall–Kier alpha value is -3.58. The molecule has 5 rings (SSSR count). The van der Waals surface area contributed by atoms with Crippen LogP contribution in [0.5, 0.6) is 0 Å². The number of benzene rings is 1. The summed E-state index contributed by atoms with van der Waals surface area (Å²) in [6.07, 6.45) is 10.3. The maximum atomic E-state index is 12.2. The van der Waals surface area contributed by atoms with Crippen LogP contribution >= 0.6 is 0 Å². The number of hydrogen-bond donors (Lipinski definition) is 1. The number of fused-ring (bicyclic) bond motifs is 1. The van der Waals surface area contributed by atoms with Gasteiger partial charge in [-0.15, -0.1) is 0 Å². The van der Waals surface area contributed by atoms with E-state index in [-0.39, 0.29) is 6.67 Å². The van der Waals surface area contributed by atoms with E-state index in [0.29, 0.717) is 6.54 Å². The third kappa shape index (κ3) is 5.85. The van der Waals surface area contributed by atoms with Crippen LogP contribution in [0.15, 0.2) is 66.6 Å². The fourth-order valence-electron chi connectivity index (χ4n) is 4.07. The van der Waals surface area contributed by atoms with E-state index in [1.165, 1.54) is 16.5 Å². The Kier molecular flexibility index (Phi) is 7.99. The van der Waals surface area contributed by atoms with Crippen molar-refractivity contribution in [2.45, 2.75) is 6.42 Å². The Morgan fingerprint density at radius 1 is 1.06 bits per heavy atom. The van der Waals surface area contributed by atoms with Crippen molar-refractivity contribution in [1.82, 2.24) is 14.9 Å². The monoisotopic (exact) mass is 458 g/mol. The smallest absolute Gasteiger partial charge is 0.129 e. The average Bonchev–Trinajstić information content (AvgIpc) is 3.44. The maximum Gasteiger partial charge on any atom is 0.129 e. The molecule has 0 atom stereocenters. The second-order valence-corrected chi connectivity index (χ2v) is 8.24. The minimum absolute atomic E-state index is 0.260. The number of nitrogens with one attached hydrogen (secondary N) is 1. The summed E-state index contributed by atoms with van der Waals surface area (Å²) in [7, 11) is 1.88. The first-order valence-electron chi connectivity index (χ1n) is 11.6. The summed E-state index contributed by atoms with van der Waals surface area (Å²) in [5.74, 6) is 1.88. The summed E-state index contributed by atoms with van der Waals surface area (Å²) in [4.78, 5) is 17.2. The van der Waals surface area contributed by atoms with Crippen LogP contribution < -0.4 is 10.2 Å². The molecule has 1 fully saturated rings. The van der Waals surface area contributed by atoms with Crippen LogP contribution in [0, 0.1) is 0 Å². The van der Waals surface area contributed by atoms with Crippen molar-refractivity contribution >= 4 is 40.3 Å². The van der Waals surface area contributed by atoms with Crippen LogP contribution in [0.2, 0.25) is 0 Å². The lowest BCUT2D eigenvalue weighted by molar-refractivity contribution is 0.235. The van der Waals surface area contributed by atoms with Gasteiger partial charge in [-0.2, -0.15) is 0 Å². The first-order valence-corrected chi connectivity index (χ1v) is 11.6. The highest BCUT2D eigenvalue weighted by atomic mass is 19.1. The molecule has 7 heteroatoms. The predicted octanol–water partition coefficient (Wildman–Crippen LogP) is 4.91. The SMILES string of the molecule is C=Cc1ccnc(N2CCN(CCF)CC2)c1.CNc1cc2cc(C3=CN=CC3)ccc2cn1. The number of aliphatic imine (C=N–C) groups is 1. The zero-order valence-corrected chi connectivity index (χ0v) is 19.6. The second kappa shape index (κ2) is 11.5. The molecule has 0 saturated carbocycles. The van der Waals surface area contributed by atoms with Gasteiger partial charge in [-0.3, -0.25) is 9.89 Å². The van der Waals surface area contributed by atoms with E-state index in [1.54, 1.807) is 6.20 Å². The van der Waals surface area contributed by atoms with Crippen molar-refractivity contribution < 1.29 is 4.39 Å². The summed E-state index contributed by atoms with van der Waals surface area (Å²) < 4.78 is 12.2. The summed E-state index contributed by atoms with van der Waals surface area (Å²) in [6, 6.07) is 12.5. The number of anilines is 2. The minimum atomic E-state index is -0.260. The van der Waals surface area contributed by atoms with E-state index in [4.69, 9.17) is 0 Å². The van der Waals surface area contributed by atoms with Crippen LogP contribution in [-0.4, -0.2) is 67.5 Å². The molecule has 1 N–H and O–H groups in total. The maximum absolute atomic E-state index is 12.2. The molecule has 4 heterocycles. The van der Waals surface area contributed by atoms with E-state index in [9.17, 15) is 4.39 Å². The highest BCUT2D eigenvalue weighted by Gasteiger charge is 2.17. The summed E-state index contributed by atoms with van der Waals surface area (Å²) in [5, 5.41) is 5.42. The molecule has 0 unspecified atom stereocenters. The van der Waals surface area contributed by atoms with Gasteiger partial charge >= 0.3 is 0 Å². The zero-order valence-electron chi connectivity index (χ0n) is 19.6. The van der Waals surface area contributed by atoms with Gasteiger partial charge < -0.3 is 10.2 Å². The Morgan fingerprint density at radius 3 is 2.62 bits per heavy atom. The lowest BCUT2D eigenvalue weighted by Gasteiger charge is -2.34. The molecular weight excluding hydrogens is 427 g/mol. The van der Waals surface area contributed by atoms with Crippen molar-refractivity contribution in [3.05, 3.63) is 72.7 Å². The molecule has 2 aliphatic heterocycles. The number of alkyl halides is 1. The number of aromatic nitrogens is 2. The number of piperazine rings is 1. The van der Waals surface area contributed by atoms with E-state index in [0.717, 1.165) is 55.2 Å². The van der Waals surface area contributed by atoms with Gasteiger partial charge in [0.2, 0.25) is 0 Å². The van der Waals surface area contributed by atoms with Crippen LogP contribution in [0.1, 0.15) is 17.5 Å². The van der Waals surface area contributed by atoms with Crippen LogP contribution in [0.4, 0.5) is 16.0 Å². The van der Waals surface area contributed by atoms with Gasteiger partial charge in [0.1, 0.15) is 18.3 Å². The number of allylic oxidation sites excluding steroid dienone is 1.